The number of pyridine rings is 1. The van der Waals surface area contributed by atoms with Gasteiger partial charge in [0.1, 0.15) is 36.3 Å². The van der Waals surface area contributed by atoms with Gasteiger partial charge in [-0.15, -0.1) is 0 Å². The molecule has 0 unspecified atom stereocenters. The SMILES string of the molecule is C=CC(=O)N1CCC[C@H]1C(=O)O.Nc1cc2c(Nc3ccc(OCc4ccccn4)c(Cl)c3)ncnc2cc1OCC1CC1. The number of carboxylic acids is 1. The molecule has 0 radical (unpaired) electrons. The summed E-state index contributed by atoms with van der Waals surface area (Å²) in [5.41, 5.74) is 9.15. The summed E-state index contributed by atoms with van der Waals surface area (Å²) in [7, 11) is 0. The number of amides is 1. The Morgan fingerprint density at radius 2 is 1.93 bits per heavy atom. The summed E-state index contributed by atoms with van der Waals surface area (Å²) in [5.74, 6) is 1.30. The molecule has 44 heavy (non-hydrogen) atoms. The molecule has 2 aromatic carbocycles. The molecule has 4 N–H and O–H groups in total. The Kier molecular flexibility index (Phi) is 9.75. The van der Waals surface area contributed by atoms with Gasteiger partial charge in [0.25, 0.3) is 0 Å². The van der Waals surface area contributed by atoms with E-state index in [-0.39, 0.29) is 5.91 Å². The molecule has 0 bridgehead atoms. The van der Waals surface area contributed by atoms with Gasteiger partial charge in [0.05, 0.1) is 28.5 Å². The molecule has 0 spiro atoms. The first-order valence-corrected chi connectivity index (χ1v) is 14.6. The number of fused-ring (bicyclic) bond motifs is 1. The van der Waals surface area contributed by atoms with Gasteiger partial charge in [-0.1, -0.05) is 24.2 Å². The Morgan fingerprint density at radius 3 is 2.64 bits per heavy atom. The first-order valence-electron chi connectivity index (χ1n) is 14.2. The molecule has 2 aromatic heterocycles. The number of nitrogens with zero attached hydrogens (tertiary/aromatic N) is 4. The Balaban J connectivity index is 0.000000270. The molecule has 1 saturated carbocycles. The normalized spacial score (nSPS) is 15.7. The highest BCUT2D eigenvalue weighted by atomic mass is 35.5. The molecule has 3 heterocycles. The van der Waals surface area contributed by atoms with Crippen LogP contribution in [0, 0.1) is 5.92 Å². The van der Waals surface area contributed by atoms with Gasteiger partial charge in [-0.2, -0.15) is 0 Å². The minimum atomic E-state index is -0.928. The number of carboxylic acid groups (broad SMARTS) is 1. The molecular formula is C32H33ClN6O5. The zero-order valence-electron chi connectivity index (χ0n) is 24.0. The Bertz CT molecular complexity index is 1650. The molecular weight excluding hydrogens is 584 g/mol. The number of benzene rings is 2. The summed E-state index contributed by atoms with van der Waals surface area (Å²) in [5, 5.41) is 13.3. The van der Waals surface area contributed by atoms with Gasteiger partial charge in [0.15, 0.2) is 0 Å². The molecule has 1 saturated heterocycles. The third-order valence-corrected chi connectivity index (χ3v) is 7.53. The predicted molar refractivity (Wildman–Crippen MR) is 168 cm³/mol. The minimum Gasteiger partial charge on any atom is -0.491 e. The number of nitrogens with one attached hydrogen (secondary N) is 1. The molecule has 11 nitrogen and oxygen atoms in total. The topological polar surface area (TPSA) is 153 Å². The number of anilines is 3. The number of nitrogens with two attached hydrogens (primary N) is 1. The standard InChI is InChI=1S/C24H22ClN5O2.C8H11NO3/c25-19-9-16(6-7-22(19)32-13-17-3-1-2-8-27-17)30-24-18-10-20(26)23(31-12-15-4-5-15)11-21(18)28-14-29-24;1-2-7(10)9-5-3-4-6(9)8(11)12/h1-3,6-11,14-15H,4-5,12-13,26H2,(H,28,29,30);2,6H,1,3-5H2,(H,11,12)/t;6-/m.0/s1. The van der Waals surface area contributed by atoms with Crippen molar-refractivity contribution < 1.29 is 24.2 Å². The van der Waals surface area contributed by atoms with Crippen LogP contribution in [0.1, 0.15) is 31.4 Å². The lowest BCUT2D eigenvalue weighted by atomic mass is 10.2. The molecule has 2 aliphatic rings. The van der Waals surface area contributed by atoms with Crippen LogP contribution < -0.4 is 20.5 Å². The zero-order valence-corrected chi connectivity index (χ0v) is 24.7. The fourth-order valence-corrected chi connectivity index (χ4v) is 4.92. The number of aromatic nitrogens is 3. The number of carbonyl (C=O) groups excluding carboxylic acids is 1. The summed E-state index contributed by atoms with van der Waals surface area (Å²) in [6.45, 7) is 4.88. The lowest BCUT2D eigenvalue weighted by molar-refractivity contribution is -0.146. The fraction of sp³-hybridized carbons (Fsp3) is 0.281. The first-order chi connectivity index (χ1) is 21.3. The third-order valence-electron chi connectivity index (χ3n) is 7.23. The molecule has 1 atom stereocenters. The molecule has 12 heteroatoms. The number of aliphatic carboxylic acids is 1. The highest BCUT2D eigenvalue weighted by Gasteiger charge is 2.32. The van der Waals surface area contributed by atoms with E-state index in [2.05, 4.69) is 26.8 Å². The van der Waals surface area contributed by atoms with Crippen LogP contribution >= 0.6 is 11.6 Å². The number of carbonyl (C=O) groups is 2. The van der Waals surface area contributed by atoms with E-state index in [4.69, 9.17) is 31.9 Å². The van der Waals surface area contributed by atoms with Crippen LogP contribution in [0.3, 0.4) is 0 Å². The van der Waals surface area contributed by atoms with E-state index < -0.39 is 12.0 Å². The number of likely N-dealkylation sites (tertiary alicyclic amines) is 1. The smallest absolute Gasteiger partial charge is 0.326 e. The van der Waals surface area contributed by atoms with E-state index in [0.717, 1.165) is 34.8 Å². The second kappa shape index (κ2) is 14.0. The number of rotatable bonds is 10. The van der Waals surface area contributed by atoms with Gasteiger partial charge in [0.2, 0.25) is 5.91 Å². The summed E-state index contributed by atoms with van der Waals surface area (Å²) in [6, 6.07) is 14.2. The monoisotopic (exact) mass is 616 g/mol. The number of ether oxygens (including phenoxy) is 2. The molecule has 1 aliphatic heterocycles. The van der Waals surface area contributed by atoms with Crippen molar-refractivity contribution in [3.8, 4) is 11.5 Å². The van der Waals surface area contributed by atoms with Crippen LogP contribution in [0.25, 0.3) is 10.9 Å². The average molecular weight is 617 g/mol. The largest absolute Gasteiger partial charge is 0.491 e. The van der Waals surface area contributed by atoms with Crippen LogP contribution in [0.2, 0.25) is 5.02 Å². The third kappa shape index (κ3) is 7.73. The Labute approximate surface area is 259 Å². The van der Waals surface area contributed by atoms with Crippen LogP contribution in [-0.2, 0) is 16.2 Å². The van der Waals surface area contributed by atoms with Crippen molar-refractivity contribution in [3.63, 3.8) is 0 Å². The number of nitrogen functional groups attached to an aromatic ring is 1. The molecule has 4 aromatic rings. The second-order valence-corrected chi connectivity index (χ2v) is 10.9. The van der Waals surface area contributed by atoms with Gasteiger partial charge in [-0.05, 0) is 74.1 Å². The van der Waals surface area contributed by atoms with Crippen LogP contribution in [0.5, 0.6) is 11.5 Å². The lowest BCUT2D eigenvalue weighted by Crippen LogP contribution is -2.39. The number of hydrogen-bond donors (Lipinski definition) is 3. The zero-order chi connectivity index (χ0) is 31.1. The van der Waals surface area contributed by atoms with Gasteiger partial charge in [0, 0.05) is 29.9 Å². The lowest BCUT2D eigenvalue weighted by Gasteiger charge is -2.18. The average Bonchev–Trinajstić information content (AvgIpc) is 3.72. The summed E-state index contributed by atoms with van der Waals surface area (Å²) in [6.07, 6.45) is 8.15. The Morgan fingerprint density at radius 1 is 1.09 bits per heavy atom. The molecule has 1 amide bonds. The second-order valence-electron chi connectivity index (χ2n) is 10.5. The quantitative estimate of drug-likeness (QED) is 0.151. The van der Waals surface area contributed by atoms with E-state index in [1.165, 1.54) is 24.1 Å². The molecule has 2 fully saturated rings. The van der Waals surface area contributed by atoms with Crippen molar-refractivity contribution in [1.29, 1.82) is 0 Å². The van der Waals surface area contributed by atoms with Crippen LogP contribution in [0.4, 0.5) is 17.2 Å². The Hall–Kier alpha value is -4.90. The maximum absolute atomic E-state index is 11.1. The van der Waals surface area contributed by atoms with Crippen LogP contribution in [-0.4, -0.2) is 56.0 Å². The van der Waals surface area contributed by atoms with E-state index >= 15 is 0 Å². The van der Waals surface area contributed by atoms with E-state index in [1.807, 2.05) is 42.5 Å². The van der Waals surface area contributed by atoms with E-state index in [9.17, 15) is 9.59 Å². The maximum Gasteiger partial charge on any atom is 0.326 e. The van der Waals surface area contributed by atoms with Crippen molar-refractivity contribution in [2.45, 2.75) is 38.3 Å². The van der Waals surface area contributed by atoms with Gasteiger partial charge in [-0.25, -0.2) is 14.8 Å². The van der Waals surface area contributed by atoms with Gasteiger partial charge >= 0.3 is 5.97 Å². The highest BCUT2D eigenvalue weighted by molar-refractivity contribution is 6.32. The number of hydrogen-bond acceptors (Lipinski definition) is 9. The van der Waals surface area contributed by atoms with E-state index in [0.29, 0.717) is 60.1 Å². The van der Waals surface area contributed by atoms with Gasteiger partial charge < -0.3 is 30.5 Å². The number of halogens is 1. The first kappa shape index (κ1) is 30.6. The molecule has 6 rings (SSSR count). The fourth-order valence-electron chi connectivity index (χ4n) is 4.69. The highest BCUT2D eigenvalue weighted by Crippen LogP contribution is 2.35. The minimum absolute atomic E-state index is 0.292. The predicted octanol–water partition coefficient (Wildman–Crippen LogP) is 5.62. The molecule has 1 aliphatic carbocycles. The van der Waals surface area contributed by atoms with Crippen molar-refractivity contribution in [3.05, 3.63) is 84.4 Å². The van der Waals surface area contributed by atoms with Gasteiger partial charge in [-0.3, -0.25) is 9.78 Å². The van der Waals surface area contributed by atoms with Crippen molar-refractivity contribution in [2.75, 3.05) is 24.2 Å². The van der Waals surface area contributed by atoms with Crippen LogP contribution in [0.15, 0.2) is 73.7 Å². The summed E-state index contributed by atoms with van der Waals surface area (Å²) < 4.78 is 11.7. The van der Waals surface area contributed by atoms with Crippen molar-refractivity contribution in [2.24, 2.45) is 5.92 Å². The molecule has 228 valence electrons. The summed E-state index contributed by atoms with van der Waals surface area (Å²) >= 11 is 6.44. The van der Waals surface area contributed by atoms with E-state index in [1.54, 1.807) is 12.3 Å². The van der Waals surface area contributed by atoms with Crippen molar-refractivity contribution >= 4 is 51.6 Å². The summed E-state index contributed by atoms with van der Waals surface area (Å²) in [4.78, 5) is 36.0. The maximum atomic E-state index is 11.1. The van der Waals surface area contributed by atoms with Crippen molar-refractivity contribution in [1.82, 2.24) is 19.9 Å².